The summed E-state index contributed by atoms with van der Waals surface area (Å²) in [5.74, 6) is -1.12. The summed E-state index contributed by atoms with van der Waals surface area (Å²) in [6.45, 7) is 1.58. The normalized spacial score (nSPS) is 11.3. The molecule has 1 rings (SSSR count). The molecule has 5 nitrogen and oxygen atoms in total. The number of carbonyl (C=O) groups is 1. The van der Waals surface area contributed by atoms with Crippen LogP contribution in [0.5, 0.6) is 11.5 Å². The van der Waals surface area contributed by atoms with Gasteiger partial charge in [-0.1, -0.05) is 12.1 Å². The van der Waals surface area contributed by atoms with Crippen molar-refractivity contribution in [3.05, 3.63) is 24.3 Å². The van der Waals surface area contributed by atoms with Crippen LogP contribution in [-0.4, -0.2) is 37.1 Å². The molecule has 2 N–H and O–H groups in total. The third kappa shape index (κ3) is 9.62. The van der Waals surface area contributed by atoms with E-state index in [9.17, 15) is 18.0 Å². The van der Waals surface area contributed by atoms with E-state index in [-0.39, 0.29) is 24.5 Å². The molecule has 0 aromatic heterocycles. The van der Waals surface area contributed by atoms with E-state index in [2.05, 4.69) is 10.1 Å². The van der Waals surface area contributed by atoms with Gasteiger partial charge in [0.25, 0.3) is 0 Å². The van der Waals surface area contributed by atoms with Gasteiger partial charge in [-0.05, 0) is 44.5 Å². The summed E-state index contributed by atoms with van der Waals surface area (Å²) in [6, 6.07) is 5.62. The molecule has 0 heterocycles. The van der Waals surface area contributed by atoms with Crippen molar-refractivity contribution in [2.75, 3.05) is 19.7 Å². The maximum Gasteiger partial charge on any atom is 0.573 e. The number of unbranched alkanes of at least 4 members (excludes halogenated alkanes) is 1. The van der Waals surface area contributed by atoms with Gasteiger partial charge in [0.05, 0.1) is 6.61 Å². The van der Waals surface area contributed by atoms with Gasteiger partial charge in [-0.25, -0.2) is 0 Å². The molecule has 0 aliphatic heterocycles. The fraction of sp³-hybridized carbons (Fsp3) is 0.533. The fourth-order valence-corrected chi connectivity index (χ4v) is 1.81. The van der Waals surface area contributed by atoms with Crippen molar-refractivity contribution in [1.29, 1.82) is 0 Å². The number of hydrogen-bond acceptors (Lipinski definition) is 4. The Hall–Kier alpha value is -1.96. The number of para-hydroxylation sites is 2. The zero-order valence-electron chi connectivity index (χ0n) is 12.6. The number of aliphatic carboxylic acids is 1. The predicted octanol–water partition coefficient (Wildman–Crippen LogP) is 3.20. The highest BCUT2D eigenvalue weighted by Gasteiger charge is 2.32. The minimum absolute atomic E-state index is 0.0475. The standard InChI is InChI=1S/C15H20F3NO4/c16-15(17,18)23-13-7-2-1-6-12(13)22-11-5-10-19-9-4-3-8-14(20)21/h1-2,6-7,19H,3-5,8-11H2,(H,20,21). The second-order valence-electron chi connectivity index (χ2n) is 4.80. The molecule has 1 aromatic rings. The van der Waals surface area contributed by atoms with Crippen LogP contribution in [0.4, 0.5) is 13.2 Å². The van der Waals surface area contributed by atoms with E-state index in [4.69, 9.17) is 9.84 Å². The Kier molecular flexibility index (Phi) is 8.25. The zero-order chi connectivity index (χ0) is 17.1. The molecule has 0 atom stereocenters. The lowest BCUT2D eigenvalue weighted by atomic mass is 10.2. The van der Waals surface area contributed by atoms with E-state index >= 15 is 0 Å². The van der Waals surface area contributed by atoms with Gasteiger partial charge in [0.2, 0.25) is 0 Å². The summed E-state index contributed by atoms with van der Waals surface area (Å²) < 4.78 is 45.9. The Balaban J connectivity index is 2.17. The monoisotopic (exact) mass is 335 g/mol. The smallest absolute Gasteiger partial charge is 0.490 e. The molecule has 0 aliphatic carbocycles. The average molecular weight is 335 g/mol. The molecule has 0 saturated carbocycles. The Morgan fingerprint density at radius 1 is 1.09 bits per heavy atom. The molecule has 0 amide bonds. The van der Waals surface area contributed by atoms with Gasteiger partial charge >= 0.3 is 12.3 Å². The van der Waals surface area contributed by atoms with Crippen LogP contribution in [0.15, 0.2) is 24.3 Å². The van der Waals surface area contributed by atoms with Crippen LogP contribution in [0.2, 0.25) is 0 Å². The van der Waals surface area contributed by atoms with Crippen molar-refractivity contribution in [1.82, 2.24) is 5.32 Å². The Morgan fingerprint density at radius 2 is 1.74 bits per heavy atom. The second kappa shape index (κ2) is 9.94. The molecule has 130 valence electrons. The number of halogens is 3. The number of nitrogens with one attached hydrogen (secondary N) is 1. The number of carboxylic acids is 1. The van der Waals surface area contributed by atoms with Crippen molar-refractivity contribution >= 4 is 5.97 Å². The third-order valence-electron chi connectivity index (χ3n) is 2.82. The lowest BCUT2D eigenvalue weighted by Crippen LogP contribution is -2.19. The first-order valence-electron chi connectivity index (χ1n) is 7.28. The van der Waals surface area contributed by atoms with E-state index in [0.717, 1.165) is 6.42 Å². The predicted molar refractivity (Wildman–Crippen MR) is 77.6 cm³/mol. The first kappa shape index (κ1) is 19.1. The largest absolute Gasteiger partial charge is 0.573 e. The molecular formula is C15H20F3NO4. The van der Waals surface area contributed by atoms with Gasteiger partial charge in [0.1, 0.15) is 0 Å². The van der Waals surface area contributed by atoms with E-state index in [1.54, 1.807) is 6.07 Å². The van der Waals surface area contributed by atoms with Gasteiger partial charge in [-0.15, -0.1) is 13.2 Å². The van der Waals surface area contributed by atoms with Crippen molar-refractivity contribution in [3.8, 4) is 11.5 Å². The number of ether oxygens (including phenoxy) is 2. The van der Waals surface area contributed by atoms with Gasteiger partial charge in [0, 0.05) is 6.42 Å². The number of rotatable bonds is 11. The Labute approximate surface area is 132 Å². The van der Waals surface area contributed by atoms with Crippen LogP contribution in [0.3, 0.4) is 0 Å². The van der Waals surface area contributed by atoms with Crippen LogP contribution in [0.1, 0.15) is 25.7 Å². The average Bonchev–Trinajstić information content (AvgIpc) is 2.45. The molecule has 8 heteroatoms. The van der Waals surface area contributed by atoms with E-state index in [0.29, 0.717) is 25.9 Å². The Morgan fingerprint density at radius 3 is 2.39 bits per heavy atom. The zero-order valence-corrected chi connectivity index (χ0v) is 12.6. The minimum atomic E-state index is -4.75. The summed E-state index contributed by atoms with van der Waals surface area (Å²) in [6.07, 6.45) is -2.62. The fourth-order valence-electron chi connectivity index (χ4n) is 1.81. The lowest BCUT2D eigenvalue weighted by Gasteiger charge is -2.14. The van der Waals surface area contributed by atoms with E-state index < -0.39 is 12.3 Å². The highest BCUT2D eigenvalue weighted by Crippen LogP contribution is 2.31. The van der Waals surface area contributed by atoms with Crippen LogP contribution in [0, 0.1) is 0 Å². The molecule has 0 unspecified atom stereocenters. The summed E-state index contributed by atoms with van der Waals surface area (Å²) in [4.78, 5) is 10.3. The molecule has 0 radical (unpaired) electrons. The van der Waals surface area contributed by atoms with Crippen molar-refractivity contribution in [3.63, 3.8) is 0 Å². The molecular weight excluding hydrogens is 315 g/mol. The first-order chi connectivity index (χ1) is 10.9. The highest BCUT2D eigenvalue weighted by molar-refractivity contribution is 5.66. The van der Waals surface area contributed by atoms with E-state index in [1.165, 1.54) is 18.2 Å². The SMILES string of the molecule is O=C(O)CCCCNCCCOc1ccccc1OC(F)(F)F. The number of benzene rings is 1. The maximum atomic E-state index is 12.2. The highest BCUT2D eigenvalue weighted by atomic mass is 19.4. The number of alkyl halides is 3. The van der Waals surface area contributed by atoms with Crippen LogP contribution < -0.4 is 14.8 Å². The molecule has 0 bridgehead atoms. The Bertz CT molecular complexity index is 480. The van der Waals surface area contributed by atoms with Gasteiger partial charge in [-0.3, -0.25) is 4.79 Å². The van der Waals surface area contributed by atoms with Crippen LogP contribution in [-0.2, 0) is 4.79 Å². The molecule has 0 saturated heterocycles. The summed E-state index contributed by atoms with van der Waals surface area (Å²) in [5, 5.41) is 11.6. The topological polar surface area (TPSA) is 67.8 Å². The minimum Gasteiger partial charge on any atom is -0.490 e. The van der Waals surface area contributed by atoms with Crippen LogP contribution >= 0.6 is 0 Å². The summed E-state index contributed by atoms with van der Waals surface area (Å²) in [7, 11) is 0. The van der Waals surface area contributed by atoms with Gasteiger partial charge in [0.15, 0.2) is 11.5 Å². The third-order valence-corrected chi connectivity index (χ3v) is 2.82. The van der Waals surface area contributed by atoms with Crippen molar-refractivity contribution < 1.29 is 32.5 Å². The first-order valence-corrected chi connectivity index (χ1v) is 7.28. The molecule has 0 spiro atoms. The van der Waals surface area contributed by atoms with Crippen LogP contribution in [0.25, 0.3) is 0 Å². The van der Waals surface area contributed by atoms with Crippen molar-refractivity contribution in [2.24, 2.45) is 0 Å². The lowest BCUT2D eigenvalue weighted by molar-refractivity contribution is -0.275. The molecule has 1 aromatic carbocycles. The molecule has 23 heavy (non-hydrogen) atoms. The summed E-state index contributed by atoms with van der Waals surface area (Å²) >= 11 is 0. The quantitative estimate of drug-likeness (QED) is 0.608. The van der Waals surface area contributed by atoms with Crippen molar-refractivity contribution in [2.45, 2.75) is 32.0 Å². The number of hydrogen-bond donors (Lipinski definition) is 2. The molecule has 0 aliphatic rings. The molecule has 0 fully saturated rings. The van der Waals surface area contributed by atoms with E-state index in [1.807, 2.05) is 0 Å². The summed E-state index contributed by atoms with van der Waals surface area (Å²) in [5.41, 5.74) is 0. The van der Waals surface area contributed by atoms with Gasteiger partial charge < -0.3 is 19.9 Å². The number of carboxylic acid groups (broad SMARTS) is 1. The second-order valence-corrected chi connectivity index (χ2v) is 4.80. The van der Waals surface area contributed by atoms with Gasteiger partial charge in [-0.2, -0.15) is 0 Å². The maximum absolute atomic E-state index is 12.2.